The fourth-order valence-corrected chi connectivity index (χ4v) is 2.15. The number of rotatable bonds is 6. The SMILES string of the molecule is CCCNC1COCC1C(=O)N(C)CC(C)C#N. The molecule has 0 spiro atoms. The number of hydrogen-bond donors (Lipinski definition) is 1. The Kier molecular flexibility index (Phi) is 6.10. The van der Waals surface area contributed by atoms with Crippen LogP contribution in [0.25, 0.3) is 0 Å². The third-order valence-electron chi connectivity index (χ3n) is 3.20. The lowest BCUT2D eigenvalue weighted by Crippen LogP contribution is -2.45. The molecular formula is C13H23N3O2. The second-order valence-corrected chi connectivity index (χ2v) is 4.95. The van der Waals surface area contributed by atoms with E-state index in [4.69, 9.17) is 10.00 Å². The summed E-state index contributed by atoms with van der Waals surface area (Å²) in [5.74, 6) is -0.182. The molecule has 1 fully saturated rings. The van der Waals surface area contributed by atoms with Crippen molar-refractivity contribution < 1.29 is 9.53 Å². The number of carbonyl (C=O) groups excluding carboxylic acids is 1. The first-order valence-electron chi connectivity index (χ1n) is 6.55. The Morgan fingerprint density at radius 1 is 1.61 bits per heavy atom. The van der Waals surface area contributed by atoms with Crippen molar-refractivity contribution >= 4 is 5.91 Å². The van der Waals surface area contributed by atoms with Gasteiger partial charge in [-0.2, -0.15) is 5.26 Å². The van der Waals surface area contributed by atoms with Gasteiger partial charge in [-0.25, -0.2) is 0 Å². The van der Waals surface area contributed by atoms with E-state index in [-0.39, 0.29) is 23.8 Å². The molecule has 0 aliphatic carbocycles. The summed E-state index contributed by atoms with van der Waals surface area (Å²) in [5.41, 5.74) is 0. The molecule has 1 amide bonds. The van der Waals surface area contributed by atoms with Gasteiger partial charge in [0.05, 0.1) is 31.1 Å². The molecule has 18 heavy (non-hydrogen) atoms. The van der Waals surface area contributed by atoms with Crippen LogP contribution in [0.2, 0.25) is 0 Å². The maximum atomic E-state index is 12.3. The molecule has 3 atom stereocenters. The van der Waals surface area contributed by atoms with E-state index in [0.29, 0.717) is 19.8 Å². The van der Waals surface area contributed by atoms with Crippen LogP contribution in [0.4, 0.5) is 0 Å². The summed E-state index contributed by atoms with van der Waals surface area (Å²) in [6, 6.07) is 2.25. The zero-order chi connectivity index (χ0) is 13.5. The molecule has 1 rings (SSSR count). The van der Waals surface area contributed by atoms with Gasteiger partial charge >= 0.3 is 0 Å². The highest BCUT2D eigenvalue weighted by molar-refractivity contribution is 5.79. The number of carbonyl (C=O) groups is 1. The number of nitriles is 1. The van der Waals surface area contributed by atoms with Crippen molar-refractivity contribution in [2.24, 2.45) is 11.8 Å². The topological polar surface area (TPSA) is 65.4 Å². The Hall–Kier alpha value is -1.12. The summed E-state index contributed by atoms with van der Waals surface area (Å²) < 4.78 is 5.39. The van der Waals surface area contributed by atoms with E-state index >= 15 is 0 Å². The molecule has 5 heteroatoms. The molecule has 1 N–H and O–H groups in total. The zero-order valence-electron chi connectivity index (χ0n) is 11.5. The molecule has 1 aliphatic rings. The maximum Gasteiger partial charge on any atom is 0.229 e. The normalized spacial score (nSPS) is 24.6. The van der Waals surface area contributed by atoms with Crippen molar-refractivity contribution in [1.82, 2.24) is 10.2 Å². The van der Waals surface area contributed by atoms with Crippen LogP contribution in [0.1, 0.15) is 20.3 Å². The molecule has 0 radical (unpaired) electrons. The maximum absolute atomic E-state index is 12.3. The highest BCUT2D eigenvalue weighted by Crippen LogP contribution is 2.17. The van der Waals surface area contributed by atoms with Crippen molar-refractivity contribution in [1.29, 1.82) is 5.26 Å². The summed E-state index contributed by atoms with van der Waals surface area (Å²) in [4.78, 5) is 13.9. The highest BCUT2D eigenvalue weighted by atomic mass is 16.5. The van der Waals surface area contributed by atoms with Crippen molar-refractivity contribution in [3.05, 3.63) is 0 Å². The number of ether oxygens (including phenoxy) is 1. The van der Waals surface area contributed by atoms with E-state index < -0.39 is 0 Å². The standard InChI is InChI=1S/C13H23N3O2/c1-4-5-15-12-9-18-8-11(12)13(17)16(3)7-10(2)6-14/h10-12,15H,4-5,7-9H2,1-3H3. The molecule has 0 bridgehead atoms. The van der Waals surface area contributed by atoms with Crippen LogP contribution in [-0.4, -0.2) is 50.2 Å². The van der Waals surface area contributed by atoms with Gasteiger partial charge in [0, 0.05) is 19.6 Å². The van der Waals surface area contributed by atoms with Crippen LogP contribution in [-0.2, 0) is 9.53 Å². The van der Waals surface area contributed by atoms with Gasteiger partial charge in [-0.1, -0.05) is 6.92 Å². The minimum atomic E-state index is -0.136. The largest absolute Gasteiger partial charge is 0.379 e. The van der Waals surface area contributed by atoms with Crippen molar-refractivity contribution in [2.75, 3.05) is 33.4 Å². The molecule has 0 aromatic carbocycles. The molecule has 1 heterocycles. The van der Waals surface area contributed by atoms with E-state index in [0.717, 1.165) is 13.0 Å². The van der Waals surface area contributed by atoms with Crippen LogP contribution >= 0.6 is 0 Å². The summed E-state index contributed by atoms with van der Waals surface area (Å²) >= 11 is 0. The number of nitrogens with zero attached hydrogens (tertiary/aromatic N) is 2. The van der Waals surface area contributed by atoms with Crippen molar-refractivity contribution in [3.8, 4) is 6.07 Å². The van der Waals surface area contributed by atoms with Crippen LogP contribution in [0, 0.1) is 23.2 Å². The molecule has 102 valence electrons. The number of amides is 1. The smallest absolute Gasteiger partial charge is 0.229 e. The number of hydrogen-bond acceptors (Lipinski definition) is 4. The monoisotopic (exact) mass is 253 g/mol. The second-order valence-electron chi connectivity index (χ2n) is 4.95. The van der Waals surface area contributed by atoms with Gasteiger partial charge in [-0.15, -0.1) is 0 Å². The fourth-order valence-electron chi connectivity index (χ4n) is 2.15. The summed E-state index contributed by atoms with van der Waals surface area (Å²) in [6.45, 7) is 6.37. The van der Waals surface area contributed by atoms with Crippen LogP contribution < -0.4 is 5.32 Å². The lowest BCUT2D eigenvalue weighted by molar-refractivity contribution is -0.135. The predicted octanol–water partition coefficient (Wildman–Crippen LogP) is 0.619. The van der Waals surface area contributed by atoms with Crippen molar-refractivity contribution in [2.45, 2.75) is 26.3 Å². The van der Waals surface area contributed by atoms with Gasteiger partial charge in [0.25, 0.3) is 0 Å². The number of nitrogens with one attached hydrogen (secondary N) is 1. The minimum absolute atomic E-state index is 0.0724. The Morgan fingerprint density at radius 3 is 2.94 bits per heavy atom. The molecule has 1 saturated heterocycles. The summed E-state index contributed by atoms with van der Waals surface area (Å²) in [5, 5.41) is 12.1. The first kappa shape index (κ1) is 14.9. The fraction of sp³-hybridized carbons (Fsp3) is 0.846. The molecular weight excluding hydrogens is 230 g/mol. The highest BCUT2D eigenvalue weighted by Gasteiger charge is 2.35. The summed E-state index contributed by atoms with van der Waals surface area (Å²) in [7, 11) is 1.76. The minimum Gasteiger partial charge on any atom is -0.379 e. The third kappa shape index (κ3) is 3.97. The van der Waals surface area contributed by atoms with Crippen LogP contribution in [0.3, 0.4) is 0 Å². The Labute approximate surface area is 109 Å². The molecule has 3 unspecified atom stereocenters. The average Bonchev–Trinajstić information content (AvgIpc) is 2.83. The Bertz CT molecular complexity index is 314. The average molecular weight is 253 g/mol. The van der Waals surface area contributed by atoms with Crippen LogP contribution in [0.5, 0.6) is 0 Å². The van der Waals surface area contributed by atoms with Crippen molar-refractivity contribution in [3.63, 3.8) is 0 Å². The molecule has 0 saturated carbocycles. The summed E-state index contributed by atoms with van der Waals surface area (Å²) in [6.07, 6.45) is 1.04. The van der Waals surface area contributed by atoms with Gasteiger partial charge in [0.2, 0.25) is 5.91 Å². The molecule has 5 nitrogen and oxygen atoms in total. The quantitative estimate of drug-likeness (QED) is 0.753. The lowest BCUT2D eigenvalue weighted by Gasteiger charge is -2.25. The van der Waals surface area contributed by atoms with E-state index in [9.17, 15) is 4.79 Å². The Morgan fingerprint density at radius 2 is 2.33 bits per heavy atom. The third-order valence-corrected chi connectivity index (χ3v) is 3.20. The van der Waals surface area contributed by atoms with E-state index in [1.165, 1.54) is 0 Å². The van der Waals surface area contributed by atoms with Gasteiger partial charge in [-0.3, -0.25) is 4.79 Å². The second kappa shape index (κ2) is 7.34. The molecule has 0 aromatic heterocycles. The molecule has 1 aliphatic heterocycles. The van der Waals surface area contributed by atoms with Crippen LogP contribution in [0.15, 0.2) is 0 Å². The van der Waals surface area contributed by atoms with Gasteiger partial charge < -0.3 is 15.0 Å². The van der Waals surface area contributed by atoms with Gasteiger partial charge in [-0.05, 0) is 19.9 Å². The first-order chi connectivity index (χ1) is 8.60. The predicted molar refractivity (Wildman–Crippen MR) is 68.8 cm³/mol. The molecule has 0 aromatic rings. The first-order valence-corrected chi connectivity index (χ1v) is 6.55. The van der Waals surface area contributed by atoms with E-state index in [1.54, 1.807) is 11.9 Å². The van der Waals surface area contributed by atoms with E-state index in [1.807, 2.05) is 6.92 Å². The zero-order valence-corrected chi connectivity index (χ0v) is 11.5. The lowest BCUT2D eigenvalue weighted by atomic mass is 10.0. The van der Waals surface area contributed by atoms with Gasteiger partial charge in [0.1, 0.15) is 0 Å². The van der Waals surface area contributed by atoms with Gasteiger partial charge in [0.15, 0.2) is 0 Å². The van der Waals surface area contributed by atoms with E-state index in [2.05, 4.69) is 18.3 Å². The Balaban J connectivity index is 2.51.